The molecule has 0 bridgehead atoms. The lowest BCUT2D eigenvalue weighted by Gasteiger charge is -2.12. The van der Waals surface area contributed by atoms with Crippen LogP contribution in [0, 0.1) is 11.3 Å². The summed E-state index contributed by atoms with van der Waals surface area (Å²) in [4.78, 5) is 11.3. The van der Waals surface area contributed by atoms with Crippen LogP contribution in [0.2, 0.25) is 0 Å². The normalized spacial score (nSPS) is 11.4. The standard InChI is InChI=1S/C17H16N2O2/c1-21-17(20)15-9-7-13(8-10-15)12-19-16(11-18)14-5-3-2-4-6-14/h2-10,16,19H,12H2,1H3. The maximum absolute atomic E-state index is 11.3. The molecule has 0 amide bonds. The molecule has 2 aromatic rings. The number of carbonyl (C=O) groups excluding carboxylic acids is 1. The molecule has 2 aromatic carbocycles. The summed E-state index contributed by atoms with van der Waals surface area (Å²) in [7, 11) is 1.36. The maximum Gasteiger partial charge on any atom is 0.337 e. The largest absolute Gasteiger partial charge is 0.465 e. The molecule has 4 heteroatoms. The molecule has 0 radical (unpaired) electrons. The Bertz CT molecular complexity index is 630. The highest BCUT2D eigenvalue weighted by Crippen LogP contribution is 2.13. The van der Waals surface area contributed by atoms with E-state index in [1.54, 1.807) is 12.1 Å². The second-order valence-corrected chi connectivity index (χ2v) is 4.54. The number of hydrogen-bond donors (Lipinski definition) is 1. The Morgan fingerprint density at radius 2 is 1.86 bits per heavy atom. The minimum atomic E-state index is -0.355. The first-order valence-corrected chi connectivity index (χ1v) is 6.60. The van der Waals surface area contributed by atoms with E-state index in [4.69, 9.17) is 0 Å². The number of rotatable bonds is 5. The highest BCUT2D eigenvalue weighted by molar-refractivity contribution is 5.89. The van der Waals surface area contributed by atoms with E-state index in [2.05, 4.69) is 16.1 Å². The van der Waals surface area contributed by atoms with Crippen molar-refractivity contribution in [3.05, 3.63) is 71.3 Å². The van der Waals surface area contributed by atoms with Gasteiger partial charge in [-0.2, -0.15) is 5.26 Å². The van der Waals surface area contributed by atoms with Gasteiger partial charge in [-0.05, 0) is 23.3 Å². The number of hydrogen-bond acceptors (Lipinski definition) is 4. The lowest BCUT2D eigenvalue weighted by molar-refractivity contribution is 0.0600. The highest BCUT2D eigenvalue weighted by Gasteiger charge is 2.09. The Hall–Kier alpha value is -2.64. The van der Waals surface area contributed by atoms with Crippen LogP contribution in [0.3, 0.4) is 0 Å². The van der Waals surface area contributed by atoms with Gasteiger partial charge in [0.2, 0.25) is 0 Å². The van der Waals surface area contributed by atoms with Crippen molar-refractivity contribution >= 4 is 5.97 Å². The average molecular weight is 280 g/mol. The van der Waals surface area contributed by atoms with E-state index < -0.39 is 0 Å². The Morgan fingerprint density at radius 3 is 2.43 bits per heavy atom. The van der Waals surface area contributed by atoms with E-state index in [0.29, 0.717) is 12.1 Å². The molecule has 0 saturated heterocycles. The molecule has 0 aliphatic heterocycles. The number of benzene rings is 2. The molecule has 0 aliphatic carbocycles. The second kappa shape index (κ2) is 7.22. The van der Waals surface area contributed by atoms with Crippen LogP contribution in [0.5, 0.6) is 0 Å². The van der Waals surface area contributed by atoms with Crippen molar-refractivity contribution in [3.8, 4) is 6.07 Å². The highest BCUT2D eigenvalue weighted by atomic mass is 16.5. The molecule has 0 aromatic heterocycles. The summed E-state index contributed by atoms with van der Waals surface area (Å²) in [6, 6.07) is 18.6. The van der Waals surface area contributed by atoms with Crippen LogP contribution in [0.15, 0.2) is 54.6 Å². The molecule has 4 nitrogen and oxygen atoms in total. The molecule has 0 aliphatic rings. The van der Waals surface area contributed by atoms with Crippen molar-refractivity contribution in [2.24, 2.45) is 0 Å². The topological polar surface area (TPSA) is 62.1 Å². The van der Waals surface area contributed by atoms with Crippen LogP contribution < -0.4 is 5.32 Å². The molecule has 1 N–H and O–H groups in total. The van der Waals surface area contributed by atoms with Gasteiger partial charge in [0.1, 0.15) is 6.04 Å². The van der Waals surface area contributed by atoms with Crippen molar-refractivity contribution in [2.75, 3.05) is 7.11 Å². The molecular weight excluding hydrogens is 264 g/mol. The number of nitrogens with zero attached hydrogens (tertiary/aromatic N) is 1. The van der Waals surface area contributed by atoms with E-state index in [9.17, 15) is 10.1 Å². The predicted molar refractivity (Wildman–Crippen MR) is 79.4 cm³/mol. The van der Waals surface area contributed by atoms with Gasteiger partial charge in [-0.3, -0.25) is 5.32 Å². The minimum Gasteiger partial charge on any atom is -0.465 e. The number of carbonyl (C=O) groups is 1. The molecule has 0 saturated carbocycles. The quantitative estimate of drug-likeness (QED) is 0.855. The van der Waals surface area contributed by atoms with E-state index >= 15 is 0 Å². The lowest BCUT2D eigenvalue weighted by atomic mass is 10.1. The maximum atomic E-state index is 11.3. The Balaban J connectivity index is 1.99. The molecular formula is C17H16N2O2. The third kappa shape index (κ3) is 3.91. The molecule has 0 spiro atoms. The van der Waals surface area contributed by atoms with E-state index in [0.717, 1.165) is 11.1 Å². The summed E-state index contributed by atoms with van der Waals surface area (Å²) in [5, 5.41) is 12.4. The van der Waals surface area contributed by atoms with Crippen LogP contribution in [0.25, 0.3) is 0 Å². The fourth-order valence-corrected chi connectivity index (χ4v) is 1.98. The SMILES string of the molecule is COC(=O)c1ccc(CNC(C#N)c2ccccc2)cc1. The van der Waals surface area contributed by atoms with Gasteiger partial charge in [0.25, 0.3) is 0 Å². The van der Waals surface area contributed by atoms with E-state index in [-0.39, 0.29) is 12.0 Å². The Kier molecular flexibility index (Phi) is 5.08. The van der Waals surface area contributed by atoms with Gasteiger partial charge >= 0.3 is 5.97 Å². The first-order chi connectivity index (χ1) is 10.2. The zero-order valence-corrected chi connectivity index (χ0v) is 11.7. The number of nitrogens with one attached hydrogen (secondary N) is 1. The summed E-state index contributed by atoms with van der Waals surface area (Å²) in [6.07, 6.45) is 0. The number of ether oxygens (including phenoxy) is 1. The van der Waals surface area contributed by atoms with Gasteiger partial charge in [0.05, 0.1) is 18.7 Å². The third-order valence-electron chi connectivity index (χ3n) is 3.15. The zero-order chi connectivity index (χ0) is 15.1. The third-order valence-corrected chi connectivity index (χ3v) is 3.15. The van der Waals surface area contributed by atoms with Crippen molar-refractivity contribution in [1.82, 2.24) is 5.32 Å². The summed E-state index contributed by atoms with van der Waals surface area (Å²) < 4.78 is 4.65. The molecule has 106 valence electrons. The Labute approximate surface area is 124 Å². The monoisotopic (exact) mass is 280 g/mol. The van der Waals surface area contributed by atoms with Gasteiger partial charge in [-0.25, -0.2) is 4.79 Å². The molecule has 0 fully saturated rings. The first-order valence-electron chi connectivity index (χ1n) is 6.60. The molecule has 0 heterocycles. The van der Waals surface area contributed by atoms with Crippen molar-refractivity contribution < 1.29 is 9.53 Å². The summed E-state index contributed by atoms with van der Waals surface area (Å²) >= 11 is 0. The van der Waals surface area contributed by atoms with Crippen LogP contribution >= 0.6 is 0 Å². The van der Waals surface area contributed by atoms with Crippen molar-refractivity contribution in [2.45, 2.75) is 12.6 Å². The number of nitriles is 1. The van der Waals surface area contributed by atoms with Gasteiger partial charge in [0, 0.05) is 6.54 Å². The summed E-state index contributed by atoms with van der Waals surface area (Å²) in [5.41, 5.74) is 2.45. The zero-order valence-electron chi connectivity index (χ0n) is 11.7. The predicted octanol–water partition coefficient (Wildman–Crippen LogP) is 2.83. The number of methoxy groups -OCH3 is 1. The van der Waals surface area contributed by atoms with Gasteiger partial charge in [0.15, 0.2) is 0 Å². The second-order valence-electron chi connectivity index (χ2n) is 4.54. The van der Waals surface area contributed by atoms with Crippen LogP contribution in [0.1, 0.15) is 27.5 Å². The van der Waals surface area contributed by atoms with Crippen LogP contribution in [-0.4, -0.2) is 13.1 Å². The Morgan fingerprint density at radius 1 is 1.19 bits per heavy atom. The summed E-state index contributed by atoms with van der Waals surface area (Å²) in [5.74, 6) is -0.353. The lowest BCUT2D eigenvalue weighted by Crippen LogP contribution is -2.19. The molecule has 1 atom stereocenters. The van der Waals surface area contributed by atoms with Gasteiger partial charge in [-0.15, -0.1) is 0 Å². The number of esters is 1. The average Bonchev–Trinajstić information content (AvgIpc) is 2.56. The first kappa shape index (κ1) is 14.8. The van der Waals surface area contributed by atoms with Gasteiger partial charge in [-0.1, -0.05) is 42.5 Å². The van der Waals surface area contributed by atoms with Gasteiger partial charge < -0.3 is 4.74 Å². The van der Waals surface area contributed by atoms with E-state index in [1.807, 2.05) is 42.5 Å². The molecule has 1 unspecified atom stereocenters. The fraction of sp³-hybridized carbons (Fsp3) is 0.176. The van der Waals surface area contributed by atoms with E-state index in [1.165, 1.54) is 7.11 Å². The summed E-state index contributed by atoms with van der Waals surface area (Å²) in [6.45, 7) is 0.550. The minimum absolute atomic E-state index is 0.353. The van der Waals surface area contributed by atoms with Crippen LogP contribution in [0.4, 0.5) is 0 Å². The van der Waals surface area contributed by atoms with Crippen molar-refractivity contribution in [3.63, 3.8) is 0 Å². The van der Waals surface area contributed by atoms with Crippen LogP contribution in [-0.2, 0) is 11.3 Å². The molecule has 21 heavy (non-hydrogen) atoms. The van der Waals surface area contributed by atoms with Crippen molar-refractivity contribution in [1.29, 1.82) is 5.26 Å². The molecule has 2 rings (SSSR count). The smallest absolute Gasteiger partial charge is 0.337 e. The fourth-order valence-electron chi connectivity index (χ4n) is 1.98.